The number of piperidine rings is 2. The van der Waals surface area contributed by atoms with Crippen LogP contribution in [0.5, 0.6) is 0 Å². The van der Waals surface area contributed by atoms with Gasteiger partial charge in [0.05, 0.1) is 0 Å². The van der Waals surface area contributed by atoms with Crippen molar-refractivity contribution in [2.24, 2.45) is 5.92 Å². The van der Waals surface area contributed by atoms with Gasteiger partial charge in [-0.05, 0) is 50.6 Å². The number of fused-ring (bicyclic) bond motifs is 1. The Morgan fingerprint density at radius 3 is 3.00 bits per heavy atom. The van der Waals surface area contributed by atoms with Gasteiger partial charge in [0, 0.05) is 12.1 Å². The zero-order chi connectivity index (χ0) is 11.4. The van der Waals surface area contributed by atoms with E-state index in [9.17, 15) is 0 Å². The first-order valence-electron chi connectivity index (χ1n) is 6.70. The molecule has 1 heteroatoms. The fourth-order valence-corrected chi connectivity index (χ4v) is 3.40. The van der Waals surface area contributed by atoms with Crippen molar-refractivity contribution in [2.45, 2.75) is 57.5 Å². The lowest BCUT2D eigenvalue weighted by atomic mass is 9.81. The Hall–Kier alpha value is -0.740. The van der Waals surface area contributed by atoms with Crippen LogP contribution < -0.4 is 0 Å². The molecule has 2 fully saturated rings. The van der Waals surface area contributed by atoms with E-state index in [2.05, 4.69) is 23.8 Å². The van der Waals surface area contributed by atoms with Gasteiger partial charge in [-0.15, -0.1) is 6.42 Å². The molecule has 0 N–H and O–H groups in total. The Labute approximate surface area is 99.9 Å². The van der Waals surface area contributed by atoms with E-state index in [4.69, 9.17) is 6.42 Å². The maximum Gasteiger partial charge on any atom is 0.0133 e. The molecule has 0 bridgehead atoms. The summed E-state index contributed by atoms with van der Waals surface area (Å²) in [6, 6.07) is 1.61. The number of terminal acetylenes is 1. The van der Waals surface area contributed by atoms with Crippen molar-refractivity contribution in [3.05, 3.63) is 12.2 Å². The average Bonchev–Trinajstić information content (AvgIpc) is 2.33. The van der Waals surface area contributed by atoms with Gasteiger partial charge in [-0.3, -0.25) is 4.90 Å². The van der Waals surface area contributed by atoms with Crippen LogP contribution in [0.1, 0.15) is 45.4 Å². The highest BCUT2D eigenvalue weighted by Crippen LogP contribution is 2.35. The highest BCUT2D eigenvalue weighted by Gasteiger charge is 2.35. The second kappa shape index (κ2) is 5.55. The van der Waals surface area contributed by atoms with Crippen LogP contribution in [0.2, 0.25) is 0 Å². The minimum Gasteiger partial charge on any atom is -0.297 e. The average molecular weight is 217 g/mol. The normalized spacial score (nSPS) is 35.9. The van der Waals surface area contributed by atoms with E-state index in [1.807, 2.05) is 6.08 Å². The summed E-state index contributed by atoms with van der Waals surface area (Å²) in [5, 5.41) is 0. The van der Waals surface area contributed by atoms with Gasteiger partial charge in [0.1, 0.15) is 0 Å². The van der Waals surface area contributed by atoms with Gasteiger partial charge in [-0.25, -0.2) is 0 Å². The predicted molar refractivity (Wildman–Crippen MR) is 69.1 cm³/mol. The Morgan fingerprint density at radius 2 is 2.19 bits per heavy atom. The number of allylic oxidation sites excluding steroid dienone is 1. The van der Waals surface area contributed by atoms with Gasteiger partial charge in [0.15, 0.2) is 0 Å². The van der Waals surface area contributed by atoms with Crippen molar-refractivity contribution in [3.8, 4) is 12.3 Å². The molecule has 2 aliphatic rings. The summed E-state index contributed by atoms with van der Waals surface area (Å²) >= 11 is 0. The minimum absolute atomic E-state index is 0.756. The summed E-state index contributed by atoms with van der Waals surface area (Å²) in [6.45, 7) is 3.74. The number of nitrogens with zero attached hydrogens (tertiary/aromatic N) is 1. The fraction of sp³-hybridized carbons (Fsp3) is 0.733. The zero-order valence-corrected chi connectivity index (χ0v) is 10.4. The molecular formula is C15H23N. The van der Waals surface area contributed by atoms with Crippen LogP contribution in [0.25, 0.3) is 0 Å². The summed E-state index contributed by atoms with van der Waals surface area (Å²) in [6.07, 6.45) is 17.4. The van der Waals surface area contributed by atoms with Crippen LogP contribution in [0.4, 0.5) is 0 Å². The summed E-state index contributed by atoms with van der Waals surface area (Å²) < 4.78 is 0. The molecule has 1 nitrogen and oxygen atoms in total. The summed E-state index contributed by atoms with van der Waals surface area (Å²) in [5.41, 5.74) is 0. The Balaban J connectivity index is 1.98. The van der Waals surface area contributed by atoms with Crippen LogP contribution in [0.15, 0.2) is 12.2 Å². The monoisotopic (exact) mass is 217 g/mol. The molecule has 0 radical (unpaired) electrons. The van der Waals surface area contributed by atoms with Crippen molar-refractivity contribution in [2.75, 3.05) is 6.54 Å². The standard InChI is InChI=1S/C15H23N/c1-3-4-5-8-14-11-10-13(2)15-9-6-7-12-16(14)15/h1,4-5,13-15H,6-12H2,2H3/b5-4-/t13-,14-,15+/m0/s1. The highest BCUT2D eigenvalue weighted by molar-refractivity contribution is 5.09. The quantitative estimate of drug-likeness (QED) is 0.642. The molecule has 0 aromatic carbocycles. The smallest absolute Gasteiger partial charge is 0.0133 e. The Bertz CT molecular complexity index is 286. The topological polar surface area (TPSA) is 3.24 Å². The summed E-state index contributed by atoms with van der Waals surface area (Å²) in [7, 11) is 0. The van der Waals surface area contributed by atoms with Gasteiger partial charge >= 0.3 is 0 Å². The van der Waals surface area contributed by atoms with E-state index in [0.29, 0.717) is 0 Å². The van der Waals surface area contributed by atoms with E-state index < -0.39 is 0 Å². The molecular weight excluding hydrogens is 194 g/mol. The molecule has 0 unspecified atom stereocenters. The molecule has 2 aliphatic heterocycles. The molecule has 2 saturated heterocycles. The molecule has 0 amide bonds. The third-order valence-corrected chi connectivity index (χ3v) is 4.30. The lowest BCUT2D eigenvalue weighted by molar-refractivity contribution is 0.0192. The first-order valence-corrected chi connectivity index (χ1v) is 6.70. The molecule has 3 atom stereocenters. The van der Waals surface area contributed by atoms with Crippen LogP contribution in [0, 0.1) is 18.3 Å². The van der Waals surface area contributed by atoms with Crippen LogP contribution in [-0.4, -0.2) is 23.5 Å². The molecule has 2 rings (SSSR count). The van der Waals surface area contributed by atoms with E-state index in [1.165, 1.54) is 38.6 Å². The second-order valence-corrected chi connectivity index (χ2v) is 5.31. The first kappa shape index (κ1) is 11.7. The van der Waals surface area contributed by atoms with Crippen molar-refractivity contribution in [1.82, 2.24) is 4.90 Å². The van der Waals surface area contributed by atoms with Gasteiger partial charge in [0.25, 0.3) is 0 Å². The number of hydrogen-bond acceptors (Lipinski definition) is 1. The first-order chi connectivity index (χ1) is 7.83. The molecule has 88 valence electrons. The van der Waals surface area contributed by atoms with Crippen molar-refractivity contribution < 1.29 is 0 Å². The SMILES string of the molecule is C#C/C=C\C[C@H]1CC[C@H](C)[C@H]2CCCCN12. The highest BCUT2D eigenvalue weighted by atomic mass is 15.2. The molecule has 0 aromatic rings. The van der Waals surface area contributed by atoms with Crippen LogP contribution in [-0.2, 0) is 0 Å². The molecule has 2 heterocycles. The van der Waals surface area contributed by atoms with Gasteiger partial charge < -0.3 is 0 Å². The minimum atomic E-state index is 0.756. The lowest BCUT2D eigenvalue weighted by Gasteiger charge is -2.48. The Morgan fingerprint density at radius 1 is 1.31 bits per heavy atom. The lowest BCUT2D eigenvalue weighted by Crippen LogP contribution is -2.52. The van der Waals surface area contributed by atoms with E-state index in [1.54, 1.807) is 0 Å². The van der Waals surface area contributed by atoms with Gasteiger partial charge in [0.2, 0.25) is 0 Å². The van der Waals surface area contributed by atoms with E-state index in [-0.39, 0.29) is 0 Å². The van der Waals surface area contributed by atoms with Crippen molar-refractivity contribution in [1.29, 1.82) is 0 Å². The maximum atomic E-state index is 5.25. The van der Waals surface area contributed by atoms with Gasteiger partial charge in [-0.2, -0.15) is 0 Å². The summed E-state index contributed by atoms with van der Waals surface area (Å²) in [4.78, 5) is 2.76. The predicted octanol–water partition coefficient (Wildman–Crippen LogP) is 3.22. The molecule has 0 aliphatic carbocycles. The van der Waals surface area contributed by atoms with Gasteiger partial charge in [-0.1, -0.05) is 25.3 Å². The molecule has 0 spiro atoms. The third-order valence-electron chi connectivity index (χ3n) is 4.30. The fourth-order valence-electron chi connectivity index (χ4n) is 3.40. The summed E-state index contributed by atoms with van der Waals surface area (Å²) in [5.74, 6) is 3.49. The zero-order valence-electron chi connectivity index (χ0n) is 10.4. The maximum absolute atomic E-state index is 5.25. The molecule has 0 saturated carbocycles. The van der Waals surface area contributed by atoms with Crippen LogP contribution in [0.3, 0.4) is 0 Å². The molecule has 16 heavy (non-hydrogen) atoms. The Kier molecular flexibility index (Phi) is 4.07. The second-order valence-electron chi connectivity index (χ2n) is 5.31. The van der Waals surface area contributed by atoms with Crippen LogP contribution >= 0.6 is 0 Å². The van der Waals surface area contributed by atoms with Crippen molar-refractivity contribution in [3.63, 3.8) is 0 Å². The number of hydrogen-bond donors (Lipinski definition) is 0. The van der Waals surface area contributed by atoms with E-state index in [0.717, 1.165) is 24.4 Å². The molecule has 0 aromatic heterocycles. The van der Waals surface area contributed by atoms with Crippen molar-refractivity contribution >= 4 is 0 Å². The third kappa shape index (κ3) is 2.50. The number of rotatable bonds is 2. The largest absolute Gasteiger partial charge is 0.297 e. The van der Waals surface area contributed by atoms with E-state index >= 15 is 0 Å².